The van der Waals surface area contributed by atoms with Crippen LogP contribution in [0.1, 0.15) is 19.8 Å². The summed E-state index contributed by atoms with van der Waals surface area (Å²) in [5.41, 5.74) is 1.85. The van der Waals surface area contributed by atoms with Gasteiger partial charge in [0.15, 0.2) is 0 Å². The van der Waals surface area contributed by atoms with Crippen molar-refractivity contribution >= 4 is 17.3 Å². The van der Waals surface area contributed by atoms with Crippen molar-refractivity contribution in [3.63, 3.8) is 0 Å². The number of hydrogen-bond donors (Lipinski definition) is 2. The molecular formula is C15H22N2O3. The minimum absolute atomic E-state index is 0.0633. The molecule has 5 nitrogen and oxygen atoms in total. The van der Waals surface area contributed by atoms with E-state index < -0.39 is 6.10 Å². The number of rotatable bonds is 5. The van der Waals surface area contributed by atoms with Crippen LogP contribution < -0.4 is 10.2 Å². The normalized spacial score (nSPS) is 16.8. The Morgan fingerprint density at radius 3 is 2.80 bits per heavy atom. The summed E-state index contributed by atoms with van der Waals surface area (Å²) in [5.74, 6) is -0.0633. The van der Waals surface area contributed by atoms with Crippen molar-refractivity contribution < 1.29 is 14.6 Å². The van der Waals surface area contributed by atoms with Gasteiger partial charge < -0.3 is 20.1 Å². The van der Waals surface area contributed by atoms with Gasteiger partial charge in [-0.25, -0.2) is 0 Å². The van der Waals surface area contributed by atoms with Gasteiger partial charge >= 0.3 is 0 Å². The third-order valence-electron chi connectivity index (χ3n) is 3.32. The molecule has 1 aromatic carbocycles. The van der Waals surface area contributed by atoms with Crippen molar-refractivity contribution in [2.75, 3.05) is 36.5 Å². The zero-order chi connectivity index (χ0) is 14.4. The van der Waals surface area contributed by atoms with Crippen molar-refractivity contribution in [1.29, 1.82) is 0 Å². The molecule has 5 heteroatoms. The minimum Gasteiger partial charge on any atom is -0.393 e. The molecule has 1 fully saturated rings. The monoisotopic (exact) mass is 278 g/mol. The number of ether oxygens (including phenoxy) is 1. The lowest BCUT2D eigenvalue weighted by atomic mass is 10.2. The molecule has 0 radical (unpaired) electrons. The number of aliphatic hydroxyl groups excluding tert-OH is 1. The van der Waals surface area contributed by atoms with Gasteiger partial charge in [-0.15, -0.1) is 0 Å². The highest BCUT2D eigenvalue weighted by Gasteiger charge is 2.15. The van der Waals surface area contributed by atoms with Crippen LogP contribution in [-0.4, -0.2) is 43.4 Å². The Morgan fingerprint density at radius 1 is 1.40 bits per heavy atom. The number of nitrogens with one attached hydrogen (secondary N) is 1. The van der Waals surface area contributed by atoms with Gasteiger partial charge in [0.25, 0.3) is 0 Å². The average molecular weight is 278 g/mol. The molecule has 20 heavy (non-hydrogen) atoms. The van der Waals surface area contributed by atoms with Gasteiger partial charge in [0.05, 0.1) is 30.7 Å². The van der Waals surface area contributed by atoms with Crippen LogP contribution in [0.5, 0.6) is 0 Å². The Hall–Kier alpha value is -1.59. The second-order valence-electron chi connectivity index (χ2n) is 5.05. The summed E-state index contributed by atoms with van der Waals surface area (Å²) in [6.07, 6.45) is 0.357. The van der Waals surface area contributed by atoms with E-state index in [9.17, 15) is 9.90 Å². The van der Waals surface area contributed by atoms with Crippen molar-refractivity contribution in [2.45, 2.75) is 25.9 Å². The quantitative estimate of drug-likeness (QED) is 0.859. The molecular weight excluding hydrogens is 256 g/mol. The van der Waals surface area contributed by atoms with E-state index in [0.717, 1.165) is 24.5 Å². The molecule has 0 saturated carbocycles. The highest BCUT2D eigenvalue weighted by molar-refractivity contribution is 5.94. The van der Waals surface area contributed by atoms with Crippen molar-refractivity contribution in [1.82, 2.24) is 0 Å². The fourth-order valence-electron chi connectivity index (χ4n) is 2.21. The first-order valence-corrected chi connectivity index (χ1v) is 7.06. The van der Waals surface area contributed by atoms with E-state index in [1.165, 1.54) is 0 Å². The first kappa shape index (κ1) is 14.8. The van der Waals surface area contributed by atoms with Crippen molar-refractivity contribution in [3.05, 3.63) is 24.3 Å². The van der Waals surface area contributed by atoms with Crippen LogP contribution in [0.25, 0.3) is 0 Å². The number of carbonyl (C=O) groups is 1. The first-order valence-electron chi connectivity index (χ1n) is 7.06. The first-order chi connectivity index (χ1) is 9.66. The van der Waals surface area contributed by atoms with Gasteiger partial charge in [-0.3, -0.25) is 4.79 Å². The molecule has 0 spiro atoms. The average Bonchev–Trinajstić information content (AvgIpc) is 2.47. The third-order valence-corrected chi connectivity index (χ3v) is 3.32. The number of carbonyl (C=O) groups excluding carboxylic acids is 1. The van der Waals surface area contributed by atoms with Gasteiger partial charge in [0, 0.05) is 19.5 Å². The number of hydrogen-bond acceptors (Lipinski definition) is 4. The van der Waals surface area contributed by atoms with Crippen molar-refractivity contribution in [3.8, 4) is 0 Å². The molecule has 0 aliphatic carbocycles. The molecule has 110 valence electrons. The van der Waals surface area contributed by atoms with Crippen LogP contribution >= 0.6 is 0 Å². The molecule has 1 aromatic rings. The smallest absolute Gasteiger partial charge is 0.224 e. The summed E-state index contributed by atoms with van der Waals surface area (Å²) in [4.78, 5) is 14.1. The fraction of sp³-hybridized carbons (Fsp3) is 0.533. The lowest BCUT2D eigenvalue weighted by molar-refractivity contribution is -0.116. The van der Waals surface area contributed by atoms with E-state index in [4.69, 9.17) is 4.74 Å². The van der Waals surface area contributed by atoms with Crippen molar-refractivity contribution in [2.24, 2.45) is 0 Å². The predicted octanol–water partition coefficient (Wildman–Crippen LogP) is 1.62. The maximum atomic E-state index is 11.9. The van der Waals surface area contributed by atoms with E-state index in [1.54, 1.807) is 6.92 Å². The predicted molar refractivity (Wildman–Crippen MR) is 79.0 cm³/mol. The second-order valence-corrected chi connectivity index (χ2v) is 5.05. The maximum Gasteiger partial charge on any atom is 0.224 e. The Balaban J connectivity index is 2.01. The SMILES string of the molecule is CC(O)CCC(=O)Nc1ccccc1N1CCOCC1. The Morgan fingerprint density at radius 2 is 2.10 bits per heavy atom. The molecule has 1 aliphatic heterocycles. The van der Waals surface area contributed by atoms with Crippen LogP contribution in [0.4, 0.5) is 11.4 Å². The number of amides is 1. The molecule has 2 rings (SSSR count). The summed E-state index contributed by atoms with van der Waals surface area (Å²) in [6.45, 7) is 4.78. The van der Waals surface area contributed by atoms with Crippen LogP contribution in [0.3, 0.4) is 0 Å². The summed E-state index contributed by atoms with van der Waals surface area (Å²) in [5, 5.41) is 12.2. The van der Waals surface area contributed by atoms with Crippen LogP contribution in [0.2, 0.25) is 0 Å². The number of morpholine rings is 1. The molecule has 1 amide bonds. The molecule has 1 aliphatic rings. The molecule has 1 heterocycles. The van der Waals surface area contributed by atoms with Gasteiger partial charge in [-0.05, 0) is 25.5 Å². The molecule has 1 unspecified atom stereocenters. The number of anilines is 2. The Bertz CT molecular complexity index is 442. The largest absolute Gasteiger partial charge is 0.393 e. The van der Waals surface area contributed by atoms with Crippen LogP contribution in [0.15, 0.2) is 24.3 Å². The lowest BCUT2D eigenvalue weighted by Crippen LogP contribution is -2.36. The number of nitrogens with zero attached hydrogens (tertiary/aromatic N) is 1. The zero-order valence-electron chi connectivity index (χ0n) is 11.8. The van der Waals surface area contributed by atoms with Gasteiger partial charge in [0.1, 0.15) is 0 Å². The van der Waals surface area contributed by atoms with E-state index in [2.05, 4.69) is 10.2 Å². The van der Waals surface area contributed by atoms with Gasteiger partial charge in [-0.2, -0.15) is 0 Å². The van der Waals surface area contributed by atoms with E-state index in [1.807, 2.05) is 24.3 Å². The Labute approximate surface area is 119 Å². The maximum absolute atomic E-state index is 11.9. The van der Waals surface area contributed by atoms with E-state index >= 15 is 0 Å². The Kier molecular flexibility index (Phi) is 5.38. The van der Waals surface area contributed by atoms with E-state index in [0.29, 0.717) is 26.1 Å². The highest BCUT2D eigenvalue weighted by Crippen LogP contribution is 2.26. The second kappa shape index (κ2) is 7.26. The zero-order valence-corrected chi connectivity index (χ0v) is 11.8. The van der Waals surface area contributed by atoms with Crippen LogP contribution in [0, 0.1) is 0 Å². The topological polar surface area (TPSA) is 61.8 Å². The van der Waals surface area contributed by atoms with Gasteiger partial charge in [0.2, 0.25) is 5.91 Å². The molecule has 0 aromatic heterocycles. The standard InChI is InChI=1S/C15H22N2O3/c1-12(18)6-7-15(19)16-13-4-2-3-5-14(13)17-8-10-20-11-9-17/h2-5,12,18H,6-11H2,1H3,(H,16,19). The molecule has 2 N–H and O–H groups in total. The molecule has 0 bridgehead atoms. The highest BCUT2D eigenvalue weighted by atomic mass is 16.5. The van der Waals surface area contributed by atoms with Gasteiger partial charge in [-0.1, -0.05) is 12.1 Å². The van der Waals surface area contributed by atoms with E-state index in [-0.39, 0.29) is 5.91 Å². The number of para-hydroxylation sites is 2. The molecule has 1 atom stereocenters. The fourth-order valence-corrected chi connectivity index (χ4v) is 2.21. The number of aliphatic hydroxyl groups is 1. The van der Waals surface area contributed by atoms with Crippen LogP contribution in [-0.2, 0) is 9.53 Å². The summed E-state index contributed by atoms with van der Waals surface area (Å²) < 4.78 is 5.35. The third kappa shape index (κ3) is 4.21. The summed E-state index contributed by atoms with van der Waals surface area (Å²) in [6, 6.07) is 7.80. The summed E-state index contributed by atoms with van der Waals surface area (Å²) >= 11 is 0. The number of benzene rings is 1. The minimum atomic E-state index is -0.449. The summed E-state index contributed by atoms with van der Waals surface area (Å²) in [7, 11) is 0. The lowest BCUT2D eigenvalue weighted by Gasteiger charge is -2.30. The molecule has 1 saturated heterocycles.